The van der Waals surface area contributed by atoms with E-state index < -0.39 is 0 Å². The number of rotatable bonds is 3. The van der Waals surface area contributed by atoms with E-state index in [1.54, 1.807) is 0 Å². The largest absolute Gasteiger partial charge is 0.337 e. The average Bonchev–Trinajstić information content (AvgIpc) is 2.48. The van der Waals surface area contributed by atoms with Crippen molar-refractivity contribution in [2.75, 3.05) is 11.9 Å². The number of hydrogen-bond donors (Lipinski definition) is 2. The van der Waals surface area contributed by atoms with Crippen LogP contribution in [0, 0.1) is 37.0 Å². The third-order valence-electron chi connectivity index (χ3n) is 6.51. The van der Waals surface area contributed by atoms with Crippen molar-refractivity contribution >= 4 is 11.7 Å². The van der Waals surface area contributed by atoms with Gasteiger partial charge in [-0.2, -0.15) is 0 Å². The molecule has 124 valence electrons. The monoisotopic (exact) mass is 312 g/mol. The van der Waals surface area contributed by atoms with Crippen molar-refractivity contribution in [2.24, 2.45) is 23.2 Å². The molecule has 4 bridgehead atoms. The fraction of sp³-hybridized carbons (Fsp3) is 0.650. The number of anilines is 1. The minimum atomic E-state index is -0.0434. The first-order chi connectivity index (χ1) is 11.0. The molecule has 4 aliphatic rings. The van der Waals surface area contributed by atoms with Gasteiger partial charge in [0.1, 0.15) is 0 Å². The number of benzene rings is 1. The molecule has 1 aromatic carbocycles. The summed E-state index contributed by atoms with van der Waals surface area (Å²) in [5.41, 5.74) is 3.59. The van der Waals surface area contributed by atoms with Crippen LogP contribution in [0.4, 0.5) is 10.5 Å². The maximum atomic E-state index is 12.4. The third kappa shape index (κ3) is 2.86. The molecule has 4 aliphatic carbocycles. The van der Waals surface area contributed by atoms with E-state index in [0.29, 0.717) is 5.41 Å². The van der Waals surface area contributed by atoms with Crippen LogP contribution in [0.1, 0.15) is 49.7 Å². The molecule has 0 aliphatic heterocycles. The third-order valence-corrected chi connectivity index (χ3v) is 6.51. The van der Waals surface area contributed by atoms with Crippen LogP contribution in [0.15, 0.2) is 18.2 Å². The van der Waals surface area contributed by atoms with Crippen LogP contribution in [0.3, 0.4) is 0 Å². The summed E-state index contributed by atoms with van der Waals surface area (Å²) >= 11 is 0. The molecule has 3 heteroatoms. The van der Waals surface area contributed by atoms with Crippen molar-refractivity contribution in [1.29, 1.82) is 0 Å². The van der Waals surface area contributed by atoms with Crippen LogP contribution in [0.25, 0.3) is 0 Å². The van der Waals surface area contributed by atoms with Gasteiger partial charge in [0.25, 0.3) is 0 Å². The molecule has 0 aromatic heterocycles. The molecule has 4 fully saturated rings. The smallest absolute Gasteiger partial charge is 0.319 e. The molecule has 5 rings (SSSR count). The van der Waals surface area contributed by atoms with Gasteiger partial charge in [0.2, 0.25) is 0 Å². The fourth-order valence-electron chi connectivity index (χ4n) is 5.94. The number of nitrogens with one attached hydrogen (secondary N) is 2. The van der Waals surface area contributed by atoms with Crippen LogP contribution < -0.4 is 10.6 Å². The van der Waals surface area contributed by atoms with Crippen LogP contribution >= 0.6 is 0 Å². The summed E-state index contributed by atoms with van der Waals surface area (Å²) in [6.07, 6.45) is 8.36. The number of aryl methyl sites for hydroxylation is 2. The predicted molar refractivity (Wildman–Crippen MR) is 93.5 cm³/mol. The number of carbonyl (C=O) groups is 1. The van der Waals surface area contributed by atoms with E-state index in [-0.39, 0.29) is 6.03 Å². The van der Waals surface area contributed by atoms with Crippen molar-refractivity contribution in [3.05, 3.63) is 29.3 Å². The summed E-state index contributed by atoms with van der Waals surface area (Å²) in [6.45, 7) is 4.94. The van der Waals surface area contributed by atoms with Crippen molar-refractivity contribution in [3.63, 3.8) is 0 Å². The van der Waals surface area contributed by atoms with Crippen LogP contribution in [-0.4, -0.2) is 12.6 Å². The second-order valence-electron chi connectivity index (χ2n) is 8.49. The lowest BCUT2D eigenvalue weighted by Gasteiger charge is -2.56. The molecule has 0 heterocycles. The van der Waals surface area contributed by atoms with E-state index in [4.69, 9.17) is 0 Å². The maximum absolute atomic E-state index is 12.4. The summed E-state index contributed by atoms with van der Waals surface area (Å²) in [5, 5.41) is 6.25. The second kappa shape index (κ2) is 5.54. The summed E-state index contributed by atoms with van der Waals surface area (Å²) in [7, 11) is 0. The Hall–Kier alpha value is -1.51. The normalized spacial score (nSPS) is 34.4. The van der Waals surface area contributed by atoms with Crippen molar-refractivity contribution in [1.82, 2.24) is 5.32 Å². The first kappa shape index (κ1) is 15.0. The first-order valence-electron chi connectivity index (χ1n) is 9.14. The van der Waals surface area contributed by atoms with Gasteiger partial charge < -0.3 is 10.6 Å². The SMILES string of the molecule is Cc1cccc(C)c1NC(=O)NCC12CC3CC(CC(C3)C1)C2. The van der Waals surface area contributed by atoms with E-state index in [1.165, 1.54) is 38.5 Å². The first-order valence-corrected chi connectivity index (χ1v) is 9.14. The molecule has 4 saturated carbocycles. The highest BCUT2D eigenvalue weighted by molar-refractivity contribution is 5.91. The number of urea groups is 1. The Labute approximate surface area is 139 Å². The van der Waals surface area contributed by atoms with E-state index in [2.05, 4.69) is 10.6 Å². The summed E-state index contributed by atoms with van der Waals surface area (Å²) in [4.78, 5) is 12.4. The van der Waals surface area contributed by atoms with Crippen molar-refractivity contribution in [2.45, 2.75) is 52.4 Å². The number of hydrogen-bond acceptors (Lipinski definition) is 1. The molecule has 23 heavy (non-hydrogen) atoms. The highest BCUT2D eigenvalue weighted by Crippen LogP contribution is 2.59. The van der Waals surface area contributed by atoms with Gasteiger partial charge in [0, 0.05) is 12.2 Å². The Morgan fingerprint density at radius 1 is 1.04 bits per heavy atom. The zero-order chi connectivity index (χ0) is 16.0. The molecule has 0 unspecified atom stereocenters. The van der Waals surface area contributed by atoms with E-state index in [1.807, 2.05) is 32.0 Å². The molecule has 3 nitrogen and oxygen atoms in total. The van der Waals surface area contributed by atoms with E-state index in [0.717, 1.165) is 41.1 Å². The molecule has 0 saturated heterocycles. The zero-order valence-corrected chi connectivity index (χ0v) is 14.3. The Morgan fingerprint density at radius 3 is 2.09 bits per heavy atom. The van der Waals surface area contributed by atoms with Gasteiger partial charge in [-0.05, 0) is 86.7 Å². The lowest BCUT2D eigenvalue weighted by Crippen LogP contribution is -2.51. The topological polar surface area (TPSA) is 41.1 Å². The minimum absolute atomic E-state index is 0.0434. The second-order valence-corrected chi connectivity index (χ2v) is 8.49. The van der Waals surface area contributed by atoms with Gasteiger partial charge >= 0.3 is 6.03 Å². The molecule has 0 spiro atoms. The summed E-state index contributed by atoms with van der Waals surface area (Å²) in [6, 6.07) is 6.07. The molecule has 0 atom stereocenters. The number of para-hydroxylation sites is 1. The van der Waals surface area contributed by atoms with Gasteiger partial charge in [-0.25, -0.2) is 4.79 Å². The van der Waals surface area contributed by atoms with Crippen molar-refractivity contribution < 1.29 is 4.79 Å². The van der Waals surface area contributed by atoms with Gasteiger partial charge in [-0.15, -0.1) is 0 Å². The highest BCUT2D eigenvalue weighted by Gasteiger charge is 2.50. The molecular formula is C20H28N2O. The van der Waals surface area contributed by atoms with Crippen LogP contribution in [-0.2, 0) is 0 Å². The summed E-state index contributed by atoms with van der Waals surface area (Å²) in [5.74, 6) is 2.80. The Kier molecular flexibility index (Phi) is 3.62. The number of amides is 2. The molecule has 2 N–H and O–H groups in total. The average molecular weight is 312 g/mol. The lowest BCUT2D eigenvalue weighted by atomic mass is 9.49. The summed E-state index contributed by atoms with van der Waals surface area (Å²) < 4.78 is 0. The van der Waals surface area contributed by atoms with Crippen molar-refractivity contribution in [3.8, 4) is 0 Å². The van der Waals surface area contributed by atoms with Gasteiger partial charge in [0.15, 0.2) is 0 Å². The predicted octanol–water partition coefficient (Wildman–Crippen LogP) is 4.64. The highest BCUT2D eigenvalue weighted by atomic mass is 16.2. The van der Waals surface area contributed by atoms with Crippen LogP contribution in [0.5, 0.6) is 0 Å². The Morgan fingerprint density at radius 2 is 1.57 bits per heavy atom. The standard InChI is InChI=1S/C20H28N2O/c1-13-4-3-5-14(2)18(13)22-19(23)21-12-20-9-15-6-16(10-20)8-17(7-15)11-20/h3-5,15-17H,6-12H2,1-2H3,(H2,21,22,23). The van der Waals surface area contributed by atoms with E-state index in [9.17, 15) is 4.79 Å². The minimum Gasteiger partial charge on any atom is -0.337 e. The fourth-order valence-corrected chi connectivity index (χ4v) is 5.94. The van der Waals surface area contributed by atoms with Gasteiger partial charge in [0.05, 0.1) is 0 Å². The maximum Gasteiger partial charge on any atom is 0.319 e. The Balaban J connectivity index is 1.39. The Bertz CT molecular complexity index is 567. The lowest BCUT2D eigenvalue weighted by molar-refractivity contribution is -0.0496. The molecular weight excluding hydrogens is 284 g/mol. The molecule has 1 aromatic rings. The zero-order valence-electron chi connectivity index (χ0n) is 14.3. The molecule has 0 radical (unpaired) electrons. The quantitative estimate of drug-likeness (QED) is 0.838. The van der Waals surface area contributed by atoms with Gasteiger partial charge in [-0.1, -0.05) is 18.2 Å². The van der Waals surface area contributed by atoms with E-state index >= 15 is 0 Å². The van der Waals surface area contributed by atoms with Crippen LogP contribution in [0.2, 0.25) is 0 Å². The van der Waals surface area contributed by atoms with Gasteiger partial charge in [-0.3, -0.25) is 0 Å². The number of carbonyl (C=O) groups excluding carboxylic acids is 1. The molecule has 2 amide bonds.